The lowest BCUT2D eigenvalue weighted by atomic mass is 9.70. The van der Waals surface area contributed by atoms with Crippen LogP contribution in [0.3, 0.4) is 0 Å². The molecule has 2 unspecified atom stereocenters. The van der Waals surface area contributed by atoms with Gasteiger partial charge in [0, 0.05) is 5.54 Å². The van der Waals surface area contributed by atoms with Gasteiger partial charge >= 0.3 is 0 Å². The van der Waals surface area contributed by atoms with Crippen LogP contribution in [0, 0.1) is 11.8 Å². The van der Waals surface area contributed by atoms with Gasteiger partial charge in [-0.1, -0.05) is 27.2 Å². The van der Waals surface area contributed by atoms with E-state index in [1.165, 1.54) is 12.8 Å². The lowest BCUT2D eigenvalue weighted by molar-refractivity contribution is -0.0659. The summed E-state index contributed by atoms with van der Waals surface area (Å²) in [7, 11) is 4.27. The second-order valence-corrected chi connectivity index (χ2v) is 6.39. The highest BCUT2D eigenvalue weighted by Gasteiger charge is 2.44. The van der Waals surface area contributed by atoms with Crippen LogP contribution in [0.25, 0.3) is 0 Å². The van der Waals surface area contributed by atoms with Gasteiger partial charge in [-0.15, -0.1) is 0 Å². The van der Waals surface area contributed by atoms with E-state index in [1.54, 1.807) is 0 Å². The maximum Gasteiger partial charge on any atom is 0.0749 e. The lowest BCUT2D eigenvalue weighted by Crippen LogP contribution is -2.57. The molecule has 0 radical (unpaired) electrons. The molecule has 0 amide bonds. The number of nitrogens with zero attached hydrogens (tertiary/aromatic N) is 1. The van der Waals surface area contributed by atoms with Gasteiger partial charge in [0.15, 0.2) is 0 Å². The molecule has 1 aliphatic rings. The van der Waals surface area contributed by atoms with Gasteiger partial charge in [0.2, 0.25) is 0 Å². The molecule has 17 heavy (non-hydrogen) atoms. The number of likely N-dealkylation sites (N-methyl/N-ethyl adjacent to an activating group) is 1. The fraction of sp³-hybridized carbons (Fsp3) is 1.00. The van der Waals surface area contributed by atoms with Crippen molar-refractivity contribution < 1.29 is 5.11 Å². The maximum atomic E-state index is 10.7. The summed E-state index contributed by atoms with van der Waals surface area (Å²) >= 11 is 0. The topological polar surface area (TPSA) is 23.5 Å². The summed E-state index contributed by atoms with van der Waals surface area (Å²) in [4.78, 5) is 2.29. The van der Waals surface area contributed by atoms with Crippen molar-refractivity contribution in [3.8, 4) is 0 Å². The van der Waals surface area contributed by atoms with Crippen LogP contribution in [0.2, 0.25) is 0 Å². The van der Waals surface area contributed by atoms with E-state index in [9.17, 15) is 5.11 Å². The Morgan fingerprint density at radius 1 is 1.29 bits per heavy atom. The first-order valence-corrected chi connectivity index (χ1v) is 7.29. The van der Waals surface area contributed by atoms with Crippen molar-refractivity contribution in [3.63, 3.8) is 0 Å². The molecule has 0 aromatic carbocycles. The number of rotatable bonds is 5. The van der Waals surface area contributed by atoms with Crippen molar-refractivity contribution in [2.75, 3.05) is 14.1 Å². The first-order valence-electron chi connectivity index (χ1n) is 7.29. The molecule has 1 rings (SSSR count). The number of aliphatic hydroxyl groups excluding tert-OH is 1. The van der Waals surface area contributed by atoms with Crippen molar-refractivity contribution in [1.29, 1.82) is 0 Å². The highest BCUT2D eigenvalue weighted by Crippen LogP contribution is 2.40. The molecule has 0 bridgehead atoms. The zero-order chi connectivity index (χ0) is 13.1. The fourth-order valence-corrected chi connectivity index (χ4v) is 3.41. The standard InChI is InChI=1S/C15H31NO/c1-6-7-13(3)14(17)15(16(4)5)10-8-12(2)9-11-15/h12-14,17H,6-11H2,1-5H3. The van der Waals surface area contributed by atoms with Crippen LogP contribution in [0.5, 0.6) is 0 Å². The molecule has 0 aromatic rings. The first kappa shape index (κ1) is 15.0. The highest BCUT2D eigenvalue weighted by atomic mass is 16.3. The van der Waals surface area contributed by atoms with Gasteiger partial charge in [-0.05, 0) is 58.0 Å². The third-order valence-corrected chi connectivity index (χ3v) is 4.86. The monoisotopic (exact) mass is 241 g/mol. The molecule has 2 nitrogen and oxygen atoms in total. The summed E-state index contributed by atoms with van der Waals surface area (Å²) in [6.45, 7) is 6.74. The van der Waals surface area contributed by atoms with E-state index in [4.69, 9.17) is 0 Å². The van der Waals surface area contributed by atoms with Crippen LogP contribution < -0.4 is 0 Å². The quantitative estimate of drug-likeness (QED) is 0.798. The van der Waals surface area contributed by atoms with E-state index in [1.807, 2.05) is 0 Å². The van der Waals surface area contributed by atoms with E-state index >= 15 is 0 Å². The Bertz CT molecular complexity index is 219. The molecule has 0 heterocycles. The molecule has 0 aromatic heterocycles. The first-order chi connectivity index (χ1) is 7.94. The van der Waals surface area contributed by atoms with Crippen molar-refractivity contribution in [2.24, 2.45) is 11.8 Å². The Kier molecular flexibility index (Phi) is 5.46. The summed E-state index contributed by atoms with van der Waals surface area (Å²) in [5.41, 5.74) is 0.0289. The minimum absolute atomic E-state index is 0.0289. The van der Waals surface area contributed by atoms with Crippen molar-refractivity contribution in [3.05, 3.63) is 0 Å². The average molecular weight is 241 g/mol. The zero-order valence-corrected chi connectivity index (χ0v) is 12.4. The molecule has 0 saturated heterocycles. The second kappa shape index (κ2) is 6.19. The van der Waals surface area contributed by atoms with Gasteiger partial charge in [-0.25, -0.2) is 0 Å². The largest absolute Gasteiger partial charge is 0.391 e. The fourth-order valence-electron chi connectivity index (χ4n) is 3.41. The molecule has 1 N–H and O–H groups in total. The molecule has 2 heteroatoms. The Morgan fingerprint density at radius 2 is 1.82 bits per heavy atom. The van der Waals surface area contributed by atoms with Crippen LogP contribution in [0.15, 0.2) is 0 Å². The summed E-state index contributed by atoms with van der Waals surface area (Å²) in [5.74, 6) is 1.24. The lowest BCUT2D eigenvalue weighted by Gasteiger charge is -2.49. The van der Waals surface area contributed by atoms with Gasteiger partial charge in [0.1, 0.15) is 0 Å². The summed E-state index contributed by atoms with van der Waals surface area (Å²) in [6.07, 6.45) is 6.93. The van der Waals surface area contributed by atoms with Crippen LogP contribution in [-0.2, 0) is 0 Å². The van der Waals surface area contributed by atoms with Gasteiger partial charge in [-0.3, -0.25) is 0 Å². The number of aliphatic hydroxyl groups is 1. The highest BCUT2D eigenvalue weighted by molar-refractivity contribution is 4.99. The van der Waals surface area contributed by atoms with E-state index in [2.05, 4.69) is 39.8 Å². The average Bonchev–Trinajstić information content (AvgIpc) is 2.29. The van der Waals surface area contributed by atoms with E-state index in [-0.39, 0.29) is 11.6 Å². The van der Waals surface area contributed by atoms with Crippen molar-refractivity contribution in [2.45, 2.75) is 70.9 Å². The SMILES string of the molecule is CCCC(C)C(O)C1(N(C)C)CCC(C)CC1. The Balaban J connectivity index is 2.77. The van der Waals surface area contributed by atoms with Crippen LogP contribution in [0.1, 0.15) is 59.3 Å². The molecule has 102 valence electrons. The van der Waals surface area contributed by atoms with E-state index < -0.39 is 0 Å². The smallest absolute Gasteiger partial charge is 0.0749 e. The van der Waals surface area contributed by atoms with Crippen molar-refractivity contribution >= 4 is 0 Å². The Morgan fingerprint density at radius 3 is 2.24 bits per heavy atom. The van der Waals surface area contributed by atoms with Crippen LogP contribution >= 0.6 is 0 Å². The third-order valence-electron chi connectivity index (χ3n) is 4.86. The van der Waals surface area contributed by atoms with Gasteiger partial charge < -0.3 is 10.0 Å². The summed E-state index contributed by atoms with van der Waals surface area (Å²) in [6, 6.07) is 0. The van der Waals surface area contributed by atoms with Gasteiger partial charge in [0.25, 0.3) is 0 Å². The minimum atomic E-state index is -0.176. The molecule has 1 saturated carbocycles. The molecule has 1 aliphatic carbocycles. The molecular formula is C15H31NO. The number of hydrogen-bond donors (Lipinski definition) is 1. The summed E-state index contributed by atoms with van der Waals surface area (Å²) < 4.78 is 0. The zero-order valence-electron chi connectivity index (χ0n) is 12.4. The summed E-state index contributed by atoms with van der Waals surface area (Å²) in [5, 5.41) is 10.7. The number of hydrogen-bond acceptors (Lipinski definition) is 2. The van der Waals surface area contributed by atoms with Gasteiger partial charge in [-0.2, -0.15) is 0 Å². The normalized spacial score (nSPS) is 33.7. The molecule has 0 spiro atoms. The Labute approximate surface area is 107 Å². The molecule has 2 atom stereocenters. The third kappa shape index (κ3) is 3.23. The van der Waals surface area contributed by atoms with Crippen molar-refractivity contribution in [1.82, 2.24) is 4.90 Å². The minimum Gasteiger partial charge on any atom is -0.391 e. The van der Waals surface area contributed by atoms with Gasteiger partial charge in [0.05, 0.1) is 6.10 Å². The molecular weight excluding hydrogens is 210 g/mol. The predicted octanol–water partition coefficient (Wildman–Crippen LogP) is 3.29. The molecule has 1 fully saturated rings. The van der Waals surface area contributed by atoms with E-state index in [0.717, 1.165) is 31.6 Å². The predicted molar refractivity (Wildman–Crippen MR) is 74.1 cm³/mol. The Hall–Kier alpha value is -0.0800. The van der Waals surface area contributed by atoms with Crippen LogP contribution in [0.4, 0.5) is 0 Å². The maximum absolute atomic E-state index is 10.7. The van der Waals surface area contributed by atoms with Crippen LogP contribution in [-0.4, -0.2) is 35.7 Å². The second-order valence-electron chi connectivity index (χ2n) is 6.39. The molecule has 0 aliphatic heterocycles. The van der Waals surface area contributed by atoms with E-state index in [0.29, 0.717) is 5.92 Å².